The Hall–Kier alpha value is -1.38. The quantitative estimate of drug-likeness (QED) is 0.717. The molecule has 0 heterocycles. The lowest BCUT2D eigenvalue weighted by Gasteiger charge is -2.25. The Labute approximate surface area is 108 Å². The SMILES string of the molecule is CCCN(CC1CC1)c1ccc(C(C)=O)cc1F. The van der Waals surface area contributed by atoms with Crippen LogP contribution in [0.3, 0.4) is 0 Å². The Morgan fingerprint density at radius 3 is 2.67 bits per heavy atom. The van der Waals surface area contributed by atoms with E-state index < -0.39 is 0 Å². The molecule has 0 aliphatic heterocycles. The molecule has 0 saturated heterocycles. The summed E-state index contributed by atoms with van der Waals surface area (Å²) in [6.07, 6.45) is 3.52. The molecule has 1 aliphatic rings. The van der Waals surface area contributed by atoms with Gasteiger partial charge in [-0.1, -0.05) is 6.92 Å². The van der Waals surface area contributed by atoms with Gasteiger partial charge in [-0.05, 0) is 50.3 Å². The fourth-order valence-electron chi connectivity index (χ4n) is 2.17. The molecule has 0 unspecified atom stereocenters. The van der Waals surface area contributed by atoms with Crippen LogP contribution in [0.15, 0.2) is 18.2 Å². The number of hydrogen-bond acceptors (Lipinski definition) is 2. The number of carbonyl (C=O) groups excluding carboxylic acids is 1. The summed E-state index contributed by atoms with van der Waals surface area (Å²) >= 11 is 0. The average Bonchev–Trinajstić information content (AvgIpc) is 3.12. The first kappa shape index (κ1) is 13.1. The van der Waals surface area contributed by atoms with Crippen LogP contribution >= 0.6 is 0 Å². The second-order valence-corrected chi connectivity index (χ2v) is 5.11. The maximum absolute atomic E-state index is 14.1. The van der Waals surface area contributed by atoms with Gasteiger partial charge in [-0.15, -0.1) is 0 Å². The summed E-state index contributed by atoms with van der Waals surface area (Å²) in [6.45, 7) is 5.36. The monoisotopic (exact) mass is 249 g/mol. The largest absolute Gasteiger partial charge is 0.369 e. The van der Waals surface area contributed by atoms with Crippen molar-refractivity contribution in [3.63, 3.8) is 0 Å². The number of Topliss-reactive ketones (excluding diaryl/α,β-unsaturated/α-hetero) is 1. The summed E-state index contributed by atoms with van der Waals surface area (Å²) < 4.78 is 14.1. The molecule has 0 spiro atoms. The number of anilines is 1. The minimum absolute atomic E-state index is 0.0929. The van der Waals surface area contributed by atoms with Gasteiger partial charge in [0.2, 0.25) is 0 Å². The Bertz CT molecular complexity index is 440. The standard InChI is InChI=1S/C15H20FNO/c1-3-8-17(10-12-4-5-12)15-7-6-13(11(2)18)9-14(15)16/h6-7,9,12H,3-5,8,10H2,1-2H3. The molecule has 0 N–H and O–H groups in total. The van der Waals surface area contributed by atoms with Crippen molar-refractivity contribution in [2.24, 2.45) is 5.92 Å². The first-order chi connectivity index (χ1) is 8.61. The zero-order chi connectivity index (χ0) is 13.1. The summed E-state index contributed by atoms with van der Waals surface area (Å²) in [5.41, 5.74) is 1.08. The van der Waals surface area contributed by atoms with E-state index in [2.05, 4.69) is 11.8 Å². The van der Waals surface area contributed by atoms with Crippen molar-refractivity contribution < 1.29 is 9.18 Å². The Balaban J connectivity index is 2.20. The number of rotatable bonds is 6. The molecule has 1 saturated carbocycles. The number of ketones is 1. The Morgan fingerprint density at radius 2 is 2.17 bits per heavy atom. The molecule has 98 valence electrons. The molecule has 0 bridgehead atoms. The van der Waals surface area contributed by atoms with Crippen LogP contribution in [0.2, 0.25) is 0 Å². The van der Waals surface area contributed by atoms with E-state index in [4.69, 9.17) is 0 Å². The van der Waals surface area contributed by atoms with Crippen molar-refractivity contribution in [3.8, 4) is 0 Å². The van der Waals surface area contributed by atoms with Crippen LogP contribution in [-0.4, -0.2) is 18.9 Å². The second-order valence-electron chi connectivity index (χ2n) is 5.11. The van der Waals surface area contributed by atoms with E-state index in [1.165, 1.54) is 25.8 Å². The van der Waals surface area contributed by atoms with Crippen LogP contribution in [0.5, 0.6) is 0 Å². The van der Waals surface area contributed by atoms with Crippen LogP contribution in [-0.2, 0) is 0 Å². The number of hydrogen-bond donors (Lipinski definition) is 0. The van der Waals surface area contributed by atoms with Gasteiger partial charge in [0.15, 0.2) is 5.78 Å². The fourth-order valence-corrected chi connectivity index (χ4v) is 2.17. The van der Waals surface area contributed by atoms with Crippen LogP contribution in [0, 0.1) is 11.7 Å². The molecule has 3 heteroatoms. The van der Waals surface area contributed by atoms with Crippen LogP contribution in [0.4, 0.5) is 10.1 Å². The molecule has 0 radical (unpaired) electrons. The van der Waals surface area contributed by atoms with E-state index in [9.17, 15) is 9.18 Å². The van der Waals surface area contributed by atoms with Crippen molar-refractivity contribution >= 4 is 11.5 Å². The average molecular weight is 249 g/mol. The summed E-state index contributed by atoms with van der Waals surface area (Å²) in [5.74, 6) is 0.352. The van der Waals surface area contributed by atoms with Crippen LogP contribution in [0.1, 0.15) is 43.5 Å². The normalized spacial score (nSPS) is 14.6. The summed E-state index contributed by atoms with van der Waals surface area (Å²) in [4.78, 5) is 13.3. The minimum atomic E-state index is -0.281. The predicted molar refractivity (Wildman–Crippen MR) is 71.6 cm³/mol. The van der Waals surface area contributed by atoms with Crippen molar-refractivity contribution in [1.82, 2.24) is 0 Å². The van der Waals surface area contributed by atoms with Crippen molar-refractivity contribution in [3.05, 3.63) is 29.6 Å². The maximum Gasteiger partial charge on any atom is 0.159 e. The first-order valence-electron chi connectivity index (χ1n) is 6.67. The van der Waals surface area contributed by atoms with Gasteiger partial charge in [-0.25, -0.2) is 4.39 Å². The third-order valence-corrected chi connectivity index (χ3v) is 3.36. The summed E-state index contributed by atoms with van der Waals surface area (Å²) in [5, 5.41) is 0. The van der Waals surface area contributed by atoms with E-state index >= 15 is 0 Å². The highest BCUT2D eigenvalue weighted by atomic mass is 19.1. The van der Waals surface area contributed by atoms with E-state index in [0.29, 0.717) is 11.3 Å². The molecule has 2 rings (SSSR count). The lowest BCUT2D eigenvalue weighted by atomic mass is 10.1. The Kier molecular flexibility index (Phi) is 4.00. The molecular weight excluding hydrogens is 229 g/mol. The number of carbonyl (C=O) groups is 1. The smallest absolute Gasteiger partial charge is 0.159 e. The highest BCUT2D eigenvalue weighted by Crippen LogP contribution is 2.32. The topological polar surface area (TPSA) is 20.3 Å². The zero-order valence-corrected chi connectivity index (χ0v) is 11.1. The molecule has 0 atom stereocenters. The lowest BCUT2D eigenvalue weighted by Crippen LogP contribution is -2.27. The molecule has 0 amide bonds. The molecule has 1 aliphatic carbocycles. The zero-order valence-electron chi connectivity index (χ0n) is 11.1. The van der Waals surface area contributed by atoms with Crippen LogP contribution < -0.4 is 4.90 Å². The van der Waals surface area contributed by atoms with Gasteiger partial charge in [-0.3, -0.25) is 4.79 Å². The number of nitrogens with zero attached hydrogens (tertiary/aromatic N) is 1. The second kappa shape index (κ2) is 5.51. The van der Waals surface area contributed by atoms with Crippen LogP contribution in [0.25, 0.3) is 0 Å². The number of halogens is 1. The predicted octanol–water partition coefficient (Wildman–Crippen LogP) is 3.65. The fraction of sp³-hybridized carbons (Fsp3) is 0.533. The highest BCUT2D eigenvalue weighted by molar-refractivity contribution is 5.94. The third-order valence-electron chi connectivity index (χ3n) is 3.36. The van der Waals surface area contributed by atoms with Gasteiger partial charge < -0.3 is 4.90 Å². The van der Waals surface area contributed by atoms with Crippen molar-refractivity contribution in [2.75, 3.05) is 18.0 Å². The molecular formula is C15H20FNO. The van der Waals surface area contributed by atoms with Gasteiger partial charge in [-0.2, -0.15) is 0 Å². The summed E-state index contributed by atoms with van der Waals surface area (Å²) in [6, 6.07) is 4.81. The van der Waals surface area contributed by atoms with E-state index in [-0.39, 0.29) is 11.6 Å². The van der Waals surface area contributed by atoms with E-state index in [0.717, 1.165) is 25.4 Å². The Morgan fingerprint density at radius 1 is 1.44 bits per heavy atom. The lowest BCUT2D eigenvalue weighted by molar-refractivity contribution is 0.101. The van der Waals surface area contributed by atoms with E-state index in [1.54, 1.807) is 12.1 Å². The van der Waals surface area contributed by atoms with Gasteiger partial charge in [0.05, 0.1) is 5.69 Å². The molecule has 1 aromatic rings. The van der Waals surface area contributed by atoms with Gasteiger partial charge in [0.1, 0.15) is 5.82 Å². The molecule has 18 heavy (non-hydrogen) atoms. The molecule has 1 aromatic carbocycles. The maximum atomic E-state index is 14.1. The van der Waals surface area contributed by atoms with Crippen molar-refractivity contribution in [2.45, 2.75) is 33.1 Å². The van der Waals surface area contributed by atoms with Crippen molar-refractivity contribution in [1.29, 1.82) is 0 Å². The van der Waals surface area contributed by atoms with E-state index in [1.807, 2.05) is 0 Å². The van der Waals surface area contributed by atoms with Gasteiger partial charge in [0, 0.05) is 18.7 Å². The highest BCUT2D eigenvalue weighted by Gasteiger charge is 2.25. The van der Waals surface area contributed by atoms with Gasteiger partial charge in [0.25, 0.3) is 0 Å². The summed E-state index contributed by atoms with van der Waals surface area (Å²) in [7, 11) is 0. The molecule has 1 fully saturated rings. The first-order valence-corrected chi connectivity index (χ1v) is 6.67. The van der Waals surface area contributed by atoms with Gasteiger partial charge >= 0.3 is 0 Å². The molecule has 0 aromatic heterocycles. The number of benzene rings is 1. The third kappa shape index (κ3) is 3.09. The molecule has 2 nitrogen and oxygen atoms in total. The minimum Gasteiger partial charge on any atom is -0.369 e.